The molecule has 0 aliphatic heterocycles. The summed E-state index contributed by atoms with van der Waals surface area (Å²) in [7, 11) is 0. The highest BCUT2D eigenvalue weighted by Crippen LogP contribution is 2.41. The monoisotopic (exact) mass is 339 g/mol. The van der Waals surface area contributed by atoms with Crippen molar-refractivity contribution in [1.29, 1.82) is 0 Å². The zero-order chi connectivity index (χ0) is 16.9. The van der Waals surface area contributed by atoms with Gasteiger partial charge in [0.15, 0.2) is 4.96 Å². The Morgan fingerprint density at radius 1 is 1.25 bits per heavy atom. The number of hydrogen-bond acceptors (Lipinski definition) is 3. The topological polar surface area (TPSA) is 43.3 Å². The Morgan fingerprint density at radius 2 is 2.00 bits per heavy atom. The van der Waals surface area contributed by atoms with Crippen LogP contribution in [0.15, 0.2) is 30.3 Å². The van der Waals surface area contributed by atoms with Crippen LogP contribution < -0.4 is 5.73 Å². The Hall–Kier alpha value is -1.65. The third-order valence-corrected chi connectivity index (χ3v) is 6.48. The van der Waals surface area contributed by atoms with E-state index < -0.39 is 0 Å². The predicted molar refractivity (Wildman–Crippen MR) is 101 cm³/mol. The standard InChI is InChI=1S/C20H25N3S/c1-20(2,3)14-9-10-15-17(11-14)24-19-22-18(16(12-21)23(15)19)13-7-5-4-6-8-13/h4-8,14H,9-12,21H2,1-3H3. The van der Waals surface area contributed by atoms with E-state index in [1.165, 1.54) is 23.4 Å². The van der Waals surface area contributed by atoms with E-state index in [1.807, 2.05) is 17.4 Å². The Morgan fingerprint density at radius 3 is 2.67 bits per heavy atom. The highest BCUT2D eigenvalue weighted by molar-refractivity contribution is 7.17. The van der Waals surface area contributed by atoms with Gasteiger partial charge in [0, 0.05) is 22.7 Å². The Bertz CT molecular complexity index is 868. The molecule has 4 rings (SSSR count). The van der Waals surface area contributed by atoms with Gasteiger partial charge in [-0.15, -0.1) is 11.3 Å². The molecule has 0 spiro atoms. The van der Waals surface area contributed by atoms with Gasteiger partial charge in [-0.1, -0.05) is 51.1 Å². The van der Waals surface area contributed by atoms with Crippen molar-refractivity contribution in [2.24, 2.45) is 17.1 Å². The van der Waals surface area contributed by atoms with Gasteiger partial charge < -0.3 is 5.73 Å². The molecule has 0 saturated carbocycles. The number of aromatic nitrogens is 2. The maximum atomic E-state index is 6.13. The molecule has 2 N–H and O–H groups in total. The summed E-state index contributed by atoms with van der Waals surface area (Å²) in [6.45, 7) is 7.61. The maximum absolute atomic E-state index is 6.13. The average molecular weight is 340 g/mol. The minimum atomic E-state index is 0.371. The fourth-order valence-electron chi connectivity index (χ4n) is 3.87. The van der Waals surface area contributed by atoms with Crippen LogP contribution >= 0.6 is 11.3 Å². The van der Waals surface area contributed by atoms with Crippen molar-refractivity contribution in [3.63, 3.8) is 0 Å². The summed E-state index contributed by atoms with van der Waals surface area (Å²) in [4.78, 5) is 7.56. The minimum Gasteiger partial charge on any atom is -0.325 e. The van der Waals surface area contributed by atoms with Crippen molar-refractivity contribution in [3.8, 4) is 11.3 Å². The first-order chi connectivity index (χ1) is 11.5. The van der Waals surface area contributed by atoms with Crippen LogP contribution in [0.5, 0.6) is 0 Å². The van der Waals surface area contributed by atoms with E-state index in [-0.39, 0.29) is 0 Å². The molecule has 0 fully saturated rings. The smallest absolute Gasteiger partial charge is 0.194 e. The Kier molecular flexibility index (Phi) is 3.77. The van der Waals surface area contributed by atoms with Crippen LogP contribution in [0.25, 0.3) is 16.2 Å². The lowest BCUT2D eigenvalue weighted by atomic mass is 9.73. The fraction of sp³-hybridized carbons (Fsp3) is 0.450. The van der Waals surface area contributed by atoms with Crippen molar-refractivity contribution in [2.45, 2.75) is 46.6 Å². The first kappa shape index (κ1) is 15.9. The second-order valence-corrected chi connectivity index (χ2v) is 8.93. The Labute approximate surface area is 147 Å². The molecule has 0 bridgehead atoms. The summed E-state index contributed by atoms with van der Waals surface area (Å²) in [6.07, 6.45) is 3.57. The van der Waals surface area contributed by atoms with Crippen LogP contribution in [0, 0.1) is 11.3 Å². The number of benzene rings is 1. The molecule has 3 aromatic rings. The SMILES string of the molecule is CC(C)(C)C1CCc2c(sc3nc(-c4ccccc4)c(CN)n23)C1. The van der Waals surface area contributed by atoms with Crippen LogP contribution in [0.3, 0.4) is 0 Å². The molecule has 0 saturated heterocycles. The van der Waals surface area contributed by atoms with Gasteiger partial charge in [0.05, 0.1) is 11.4 Å². The maximum Gasteiger partial charge on any atom is 0.194 e. The summed E-state index contributed by atoms with van der Waals surface area (Å²) in [6, 6.07) is 10.4. The van der Waals surface area contributed by atoms with Crippen LogP contribution in [-0.2, 0) is 19.4 Å². The normalized spacial score (nSPS) is 18.1. The molecule has 24 heavy (non-hydrogen) atoms. The van der Waals surface area contributed by atoms with Crippen LogP contribution in [0.1, 0.15) is 43.5 Å². The molecule has 1 unspecified atom stereocenters. The van der Waals surface area contributed by atoms with E-state index in [1.54, 1.807) is 0 Å². The third-order valence-electron chi connectivity index (χ3n) is 5.37. The summed E-state index contributed by atoms with van der Waals surface area (Å²) < 4.78 is 2.35. The van der Waals surface area contributed by atoms with Crippen molar-refractivity contribution in [1.82, 2.24) is 9.38 Å². The third kappa shape index (κ3) is 2.49. The number of thiazole rings is 1. The number of rotatable bonds is 2. The van der Waals surface area contributed by atoms with Gasteiger partial charge in [-0.25, -0.2) is 4.98 Å². The van der Waals surface area contributed by atoms with Gasteiger partial charge >= 0.3 is 0 Å². The van der Waals surface area contributed by atoms with Gasteiger partial charge in [0.2, 0.25) is 0 Å². The molecule has 1 aliphatic rings. The molecule has 0 amide bonds. The van der Waals surface area contributed by atoms with E-state index in [0.717, 1.165) is 34.3 Å². The van der Waals surface area contributed by atoms with Crippen LogP contribution in [-0.4, -0.2) is 9.38 Å². The largest absolute Gasteiger partial charge is 0.325 e. The van der Waals surface area contributed by atoms with E-state index in [2.05, 4.69) is 49.4 Å². The summed E-state index contributed by atoms with van der Waals surface area (Å²) >= 11 is 1.86. The number of nitrogens with two attached hydrogens (primary N) is 1. The lowest BCUT2D eigenvalue weighted by Crippen LogP contribution is -2.26. The van der Waals surface area contributed by atoms with Gasteiger partial charge in [-0.3, -0.25) is 4.40 Å². The van der Waals surface area contributed by atoms with Crippen molar-refractivity contribution >= 4 is 16.3 Å². The van der Waals surface area contributed by atoms with Crippen LogP contribution in [0.4, 0.5) is 0 Å². The molecule has 3 nitrogen and oxygen atoms in total. The van der Waals surface area contributed by atoms with E-state index in [9.17, 15) is 0 Å². The summed E-state index contributed by atoms with van der Waals surface area (Å²) in [5.74, 6) is 0.753. The lowest BCUT2D eigenvalue weighted by Gasteiger charge is -2.33. The second kappa shape index (κ2) is 5.71. The molecule has 1 atom stereocenters. The molecule has 1 aliphatic carbocycles. The molecular formula is C20H25N3S. The minimum absolute atomic E-state index is 0.371. The van der Waals surface area contributed by atoms with Gasteiger partial charge in [-0.05, 0) is 30.6 Å². The molecule has 0 radical (unpaired) electrons. The first-order valence-electron chi connectivity index (χ1n) is 8.76. The van der Waals surface area contributed by atoms with Gasteiger partial charge in [-0.2, -0.15) is 0 Å². The van der Waals surface area contributed by atoms with E-state index in [4.69, 9.17) is 10.7 Å². The van der Waals surface area contributed by atoms with Gasteiger partial charge in [0.1, 0.15) is 0 Å². The zero-order valence-corrected chi connectivity index (χ0v) is 15.5. The number of aryl methyl sites for hydroxylation is 1. The lowest BCUT2D eigenvalue weighted by molar-refractivity contribution is 0.216. The zero-order valence-electron chi connectivity index (χ0n) is 14.7. The van der Waals surface area contributed by atoms with E-state index in [0.29, 0.717) is 12.0 Å². The molecule has 2 aromatic heterocycles. The quantitative estimate of drug-likeness (QED) is 0.737. The molecule has 1 aromatic carbocycles. The number of fused-ring (bicyclic) bond motifs is 3. The Balaban J connectivity index is 1.82. The number of nitrogens with zero attached hydrogens (tertiary/aromatic N) is 2. The number of hydrogen-bond donors (Lipinski definition) is 1. The molecule has 4 heteroatoms. The highest BCUT2D eigenvalue weighted by atomic mass is 32.1. The van der Waals surface area contributed by atoms with Crippen molar-refractivity contribution in [3.05, 3.63) is 46.6 Å². The fourth-order valence-corrected chi connectivity index (χ4v) is 5.14. The summed E-state index contributed by atoms with van der Waals surface area (Å²) in [5, 5.41) is 0. The van der Waals surface area contributed by atoms with E-state index >= 15 is 0 Å². The predicted octanol–water partition coefficient (Wildman–Crippen LogP) is 4.67. The van der Waals surface area contributed by atoms with Crippen molar-refractivity contribution < 1.29 is 0 Å². The highest BCUT2D eigenvalue weighted by Gasteiger charge is 2.32. The average Bonchev–Trinajstić information content (AvgIpc) is 3.09. The summed E-state index contributed by atoms with van der Waals surface area (Å²) in [5.41, 5.74) is 11.3. The van der Waals surface area contributed by atoms with Crippen molar-refractivity contribution in [2.75, 3.05) is 0 Å². The number of imidazole rings is 1. The first-order valence-corrected chi connectivity index (χ1v) is 9.58. The molecule has 126 valence electrons. The molecule has 2 heterocycles. The van der Waals surface area contributed by atoms with Gasteiger partial charge in [0.25, 0.3) is 0 Å². The molecular weight excluding hydrogens is 314 g/mol. The second-order valence-electron chi connectivity index (χ2n) is 7.87. The van der Waals surface area contributed by atoms with Crippen LogP contribution in [0.2, 0.25) is 0 Å².